The average Bonchev–Trinajstić information content (AvgIpc) is 2.29. The molecule has 0 aromatic heterocycles. The Bertz CT molecular complexity index is 399. The van der Waals surface area contributed by atoms with E-state index in [0.717, 1.165) is 12.1 Å². The zero-order valence-electron chi connectivity index (χ0n) is 10.9. The summed E-state index contributed by atoms with van der Waals surface area (Å²) in [7, 11) is 1.54. The Balaban J connectivity index is 2.87. The van der Waals surface area contributed by atoms with Crippen LogP contribution in [0.2, 0.25) is 0 Å². The van der Waals surface area contributed by atoms with E-state index in [0.29, 0.717) is 11.8 Å². The van der Waals surface area contributed by atoms with Crippen molar-refractivity contribution in [3.63, 3.8) is 0 Å². The van der Waals surface area contributed by atoms with Crippen molar-refractivity contribution < 1.29 is 9.84 Å². The lowest BCUT2D eigenvalue weighted by Gasteiger charge is -2.13. The molecule has 1 aromatic carbocycles. The summed E-state index contributed by atoms with van der Waals surface area (Å²) in [5.41, 5.74) is 2.21. The van der Waals surface area contributed by atoms with Crippen molar-refractivity contribution in [1.82, 2.24) is 5.32 Å². The van der Waals surface area contributed by atoms with Crippen LogP contribution >= 0.6 is 0 Å². The topological polar surface area (TPSA) is 41.5 Å². The molecule has 0 bridgehead atoms. The molecule has 0 spiro atoms. The molecule has 0 fully saturated rings. The first-order valence-electron chi connectivity index (χ1n) is 5.87. The quantitative estimate of drug-likeness (QED) is 0.824. The van der Waals surface area contributed by atoms with Crippen LogP contribution in [0.4, 0.5) is 0 Å². The molecule has 0 saturated carbocycles. The van der Waals surface area contributed by atoms with Gasteiger partial charge in [0, 0.05) is 6.04 Å². The summed E-state index contributed by atoms with van der Waals surface area (Å²) < 4.78 is 5.01. The number of likely N-dealkylation sites (N-methyl/N-ethyl adjacent to an activating group) is 1. The van der Waals surface area contributed by atoms with Crippen LogP contribution in [0.25, 0.3) is 6.08 Å². The molecule has 1 atom stereocenters. The van der Waals surface area contributed by atoms with E-state index < -0.39 is 0 Å². The van der Waals surface area contributed by atoms with Gasteiger partial charge in [0.25, 0.3) is 0 Å². The summed E-state index contributed by atoms with van der Waals surface area (Å²) in [6, 6.07) is 5.75. The van der Waals surface area contributed by atoms with E-state index in [-0.39, 0.29) is 5.75 Å². The highest BCUT2D eigenvalue weighted by atomic mass is 16.5. The van der Waals surface area contributed by atoms with Crippen molar-refractivity contribution in [2.75, 3.05) is 13.7 Å². The van der Waals surface area contributed by atoms with Gasteiger partial charge in [0.15, 0.2) is 11.5 Å². The van der Waals surface area contributed by atoms with Crippen molar-refractivity contribution in [2.45, 2.75) is 26.8 Å². The van der Waals surface area contributed by atoms with Gasteiger partial charge in [-0.2, -0.15) is 0 Å². The zero-order chi connectivity index (χ0) is 12.8. The maximum Gasteiger partial charge on any atom is 0.160 e. The lowest BCUT2D eigenvalue weighted by Crippen LogP contribution is -2.26. The summed E-state index contributed by atoms with van der Waals surface area (Å²) in [6.45, 7) is 7.23. The smallest absolute Gasteiger partial charge is 0.160 e. The van der Waals surface area contributed by atoms with Gasteiger partial charge >= 0.3 is 0 Å². The highest BCUT2D eigenvalue weighted by Crippen LogP contribution is 2.27. The summed E-state index contributed by atoms with van der Waals surface area (Å²) in [5, 5.41) is 13.0. The molecule has 2 N–H and O–H groups in total. The van der Waals surface area contributed by atoms with Gasteiger partial charge in [-0.25, -0.2) is 0 Å². The standard InChI is InChI=1S/C14H21NO2/c1-5-15-11(3)10(2)8-12-6-7-14(17-4)13(16)9-12/h6-9,11,15-16H,5H2,1-4H3/b10-8+. The summed E-state index contributed by atoms with van der Waals surface area (Å²) in [4.78, 5) is 0. The van der Waals surface area contributed by atoms with E-state index in [1.807, 2.05) is 6.07 Å². The Labute approximate surface area is 103 Å². The van der Waals surface area contributed by atoms with Crippen LogP contribution in [-0.4, -0.2) is 24.8 Å². The second-order valence-corrected chi connectivity index (χ2v) is 4.10. The normalized spacial score (nSPS) is 13.5. The van der Waals surface area contributed by atoms with Crippen LogP contribution in [0, 0.1) is 0 Å². The Hall–Kier alpha value is -1.48. The number of ether oxygens (including phenoxy) is 1. The molecule has 94 valence electrons. The van der Waals surface area contributed by atoms with Gasteiger partial charge in [-0.15, -0.1) is 0 Å². The highest BCUT2D eigenvalue weighted by molar-refractivity contribution is 5.58. The molecule has 0 aliphatic rings. The summed E-state index contributed by atoms with van der Waals surface area (Å²) in [5.74, 6) is 0.671. The monoisotopic (exact) mass is 235 g/mol. The minimum atomic E-state index is 0.171. The van der Waals surface area contributed by atoms with E-state index in [4.69, 9.17) is 4.74 Å². The third kappa shape index (κ3) is 3.79. The van der Waals surface area contributed by atoms with Gasteiger partial charge in [-0.1, -0.05) is 24.6 Å². The second kappa shape index (κ2) is 6.30. The number of hydrogen-bond donors (Lipinski definition) is 2. The lowest BCUT2D eigenvalue weighted by atomic mass is 10.1. The van der Waals surface area contributed by atoms with Gasteiger partial charge in [0.05, 0.1) is 7.11 Å². The van der Waals surface area contributed by atoms with Gasteiger partial charge in [0.2, 0.25) is 0 Å². The van der Waals surface area contributed by atoms with Crippen molar-refractivity contribution in [3.8, 4) is 11.5 Å². The number of nitrogens with one attached hydrogen (secondary N) is 1. The van der Waals surface area contributed by atoms with E-state index in [1.54, 1.807) is 19.2 Å². The Morgan fingerprint density at radius 1 is 1.53 bits per heavy atom. The molecule has 1 unspecified atom stereocenters. The largest absolute Gasteiger partial charge is 0.504 e. The summed E-state index contributed by atoms with van der Waals surface area (Å²) in [6.07, 6.45) is 2.06. The molecule has 0 amide bonds. The minimum Gasteiger partial charge on any atom is -0.504 e. The van der Waals surface area contributed by atoms with Crippen molar-refractivity contribution in [2.24, 2.45) is 0 Å². The maximum atomic E-state index is 9.68. The fraction of sp³-hybridized carbons (Fsp3) is 0.429. The molecule has 3 nitrogen and oxygen atoms in total. The highest BCUT2D eigenvalue weighted by Gasteiger charge is 2.04. The molecule has 1 rings (SSSR count). The molecule has 0 heterocycles. The van der Waals surface area contributed by atoms with Crippen LogP contribution in [0.15, 0.2) is 23.8 Å². The van der Waals surface area contributed by atoms with Gasteiger partial charge in [-0.3, -0.25) is 0 Å². The number of benzene rings is 1. The minimum absolute atomic E-state index is 0.171. The fourth-order valence-electron chi connectivity index (χ4n) is 1.65. The predicted molar refractivity (Wildman–Crippen MR) is 71.4 cm³/mol. The molecule has 17 heavy (non-hydrogen) atoms. The van der Waals surface area contributed by atoms with E-state index in [9.17, 15) is 5.11 Å². The van der Waals surface area contributed by atoms with E-state index in [2.05, 4.69) is 32.2 Å². The molecule has 1 aromatic rings. The third-order valence-electron chi connectivity index (χ3n) is 2.79. The molecule has 0 radical (unpaired) electrons. The fourth-order valence-corrected chi connectivity index (χ4v) is 1.65. The Morgan fingerprint density at radius 2 is 2.24 bits per heavy atom. The molecule has 0 saturated heterocycles. The van der Waals surface area contributed by atoms with E-state index >= 15 is 0 Å². The van der Waals surface area contributed by atoms with Crippen molar-refractivity contribution in [3.05, 3.63) is 29.3 Å². The average molecular weight is 235 g/mol. The number of phenolic OH excluding ortho intramolecular Hbond substituents is 1. The Kier molecular flexibility index (Phi) is 5.04. The van der Waals surface area contributed by atoms with Crippen LogP contribution in [0.1, 0.15) is 26.3 Å². The van der Waals surface area contributed by atoms with Crippen LogP contribution in [-0.2, 0) is 0 Å². The molecule has 3 heteroatoms. The predicted octanol–water partition coefficient (Wildman–Crippen LogP) is 2.80. The third-order valence-corrected chi connectivity index (χ3v) is 2.79. The maximum absolute atomic E-state index is 9.68. The van der Waals surface area contributed by atoms with Gasteiger partial charge in [0.1, 0.15) is 0 Å². The summed E-state index contributed by atoms with van der Waals surface area (Å²) >= 11 is 0. The number of aromatic hydroxyl groups is 1. The Morgan fingerprint density at radius 3 is 2.76 bits per heavy atom. The van der Waals surface area contributed by atoms with Gasteiger partial charge < -0.3 is 15.2 Å². The zero-order valence-corrected chi connectivity index (χ0v) is 10.9. The first-order valence-corrected chi connectivity index (χ1v) is 5.87. The number of phenols is 1. The van der Waals surface area contributed by atoms with Crippen LogP contribution in [0.5, 0.6) is 11.5 Å². The number of methoxy groups -OCH3 is 1. The second-order valence-electron chi connectivity index (χ2n) is 4.10. The van der Waals surface area contributed by atoms with Crippen LogP contribution in [0.3, 0.4) is 0 Å². The molecular weight excluding hydrogens is 214 g/mol. The van der Waals surface area contributed by atoms with Crippen LogP contribution < -0.4 is 10.1 Å². The number of rotatable bonds is 5. The van der Waals surface area contributed by atoms with Gasteiger partial charge in [-0.05, 0) is 38.1 Å². The molecular formula is C14H21NO2. The SMILES string of the molecule is CCNC(C)/C(C)=C/c1ccc(OC)c(O)c1. The first kappa shape index (κ1) is 13.6. The van der Waals surface area contributed by atoms with Crippen molar-refractivity contribution in [1.29, 1.82) is 0 Å². The lowest BCUT2D eigenvalue weighted by molar-refractivity contribution is 0.373. The van der Waals surface area contributed by atoms with Crippen molar-refractivity contribution >= 4 is 6.08 Å². The first-order chi connectivity index (χ1) is 8.08. The molecule has 0 aliphatic carbocycles. The molecule has 0 aliphatic heterocycles. The number of hydrogen-bond acceptors (Lipinski definition) is 3. The van der Waals surface area contributed by atoms with E-state index in [1.165, 1.54) is 5.57 Å².